The van der Waals surface area contributed by atoms with Gasteiger partial charge in [0.25, 0.3) is 0 Å². The second-order valence-electron chi connectivity index (χ2n) is 4.11. The van der Waals surface area contributed by atoms with Gasteiger partial charge < -0.3 is 20.5 Å². The summed E-state index contributed by atoms with van der Waals surface area (Å²) in [4.78, 5) is 11.0. The van der Waals surface area contributed by atoms with Gasteiger partial charge in [0.05, 0.1) is 6.61 Å². The molecule has 1 amide bonds. The summed E-state index contributed by atoms with van der Waals surface area (Å²) in [6.07, 6.45) is 2.09. The highest BCUT2D eigenvalue weighted by Gasteiger charge is 2.17. The molecule has 1 fully saturated rings. The second-order valence-corrected chi connectivity index (χ2v) is 4.11. The lowest BCUT2D eigenvalue weighted by Gasteiger charge is -2.23. The predicted molar refractivity (Wildman–Crippen MR) is 61.0 cm³/mol. The van der Waals surface area contributed by atoms with Crippen LogP contribution in [0.15, 0.2) is 0 Å². The van der Waals surface area contributed by atoms with E-state index in [0.29, 0.717) is 25.7 Å². The molecule has 0 aromatic heterocycles. The number of carbonyl (C=O) groups excluding carboxylic acids is 1. The molecular weight excluding hydrogens is 208 g/mol. The topological polar surface area (TPSA) is 73.6 Å². The van der Waals surface area contributed by atoms with Crippen LogP contribution in [0.5, 0.6) is 0 Å². The Labute approximate surface area is 96.7 Å². The quantitative estimate of drug-likeness (QED) is 0.640. The van der Waals surface area contributed by atoms with E-state index in [1.54, 1.807) is 0 Å². The van der Waals surface area contributed by atoms with Crippen molar-refractivity contribution in [1.29, 1.82) is 0 Å². The minimum Gasteiger partial charge on any atom is -0.381 e. The molecule has 0 aromatic carbocycles. The molecule has 1 aliphatic rings. The average molecular weight is 230 g/mol. The molecule has 0 aromatic rings. The first kappa shape index (κ1) is 13.4. The van der Waals surface area contributed by atoms with Gasteiger partial charge in [-0.05, 0) is 25.3 Å². The van der Waals surface area contributed by atoms with E-state index >= 15 is 0 Å². The maximum Gasteiger partial charge on any atom is 0.236 e. The largest absolute Gasteiger partial charge is 0.381 e. The van der Waals surface area contributed by atoms with Gasteiger partial charge in [-0.25, -0.2) is 0 Å². The molecule has 5 heteroatoms. The number of carbonyl (C=O) groups is 1. The van der Waals surface area contributed by atoms with Crippen molar-refractivity contribution in [3.63, 3.8) is 0 Å². The molecule has 1 rings (SSSR count). The Balaban J connectivity index is 2.13. The fourth-order valence-corrected chi connectivity index (χ4v) is 1.75. The van der Waals surface area contributed by atoms with E-state index in [1.165, 1.54) is 0 Å². The van der Waals surface area contributed by atoms with Gasteiger partial charge in [0.15, 0.2) is 0 Å². The fraction of sp³-hybridized carbons (Fsp3) is 0.909. The first-order chi connectivity index (χ1) is 7.74. The van der Waals surface area contributed by atoms with Crippen LogP contribution >= 0.6 is 0 Å². The van der Waals surface area contributed by atoms with Crippen LogP contribution in [0, 0.1) is 5.92 Å². The molecule has 1 saturated heterocycles. The molecule has 1 aliphatic heterocycles. The fourth-order valence-electron chi connectivity index (χ4n) is 1.75. The Bertz CT molecular complexity index is 205. The molecule has 0 bridgehead atoms. The Morgan fingerprint density at radius 3 is 2.81 bits per heavy atom. The summed E-state index contributed by atoms with van der Waals surface area (Å²) in [5.41, 5.74) is 5.24. The molecule has 0 spiro atoms. The highest BCUT2D eigenvalue weighted by molar-refractivity contribution is 5.79. The van der Waals surface area contributed by atoms with Crippen LogP contribution in [0.2, 0.25) is 0 Å². The lowest BCUT2D eigenvalue weighted by atomic mass is 10.0. The number of likely N-dealkylation sites (N-methyl/N-ethyl adjacent to an activating group) is 1. The van der Waals surface area contributed by atoms with E-state index in [2.05, 4.69) is 5.32 Å². The van der Waals surface area contributed by atoms with Gasteiger partial charge in [-0.3, -0.25) is 4.79 Å². The van der Waals surface area contributed by atoms with Crippen molar-refractivity contribution < 1.29 is 14.3 Å². The molecule has 0 radical (unpaired) electrons. The number of amides is 1. The van der Waals surface area contributed by atoms with Crippen molar-refractivity contribution in [1.82, 2.24) is 5.32 Å². The number of hydrogen-bond donors (Lipinski definition) is 2. The zero-order valence-electron chi connectivity index (χ0n) is 9.91. The SMILES string of the molecule is CCNC(COCC1CCOCC1)C(N)=O. The van der Waals surface area contributed by atoms with Crippen molar-refractivity contribution >= 4 is 5.91 Å². The highest BCUT2D eigenvalue weighted by atomic mass is 16.5. The molecular formula is C11H22N2O3. The summed E-state index contributed by atoms with van der Waals surface area (Å²) >= 11 is 0. The summed E-state index contributed by atoms with van der Waals surface area (Å²) < 4.78 is 10.8. The monoisotopic (exact) mass is 230 g/mol. The van der Waals surface area contributed by atoms with E-state index < -0.39 is 0 Å². The Morgan fingerprint density at radius 2 is 2.25 bits per heavy atom. The Morgan fingerprint density at radius 1 is 1.56 bits per heavy atom. The van der Waals surface area contributed by atoms with E-state index in [0.717, 1.165) is 26.1 Å². The molecule has 94 valence electrons. The predicted octanol–water partition coefficient (Wildman–Crippen LogP) is -0.107. The third-order valence-corrected chi connectivity index (χ3v) is 2.77. The van der Waals surface area contributed by atoms with Crippen LogP contribution in [-0.2, 0) is 14.3 Å². The van der Waals surface area contributed by atoms with Crippen LogP contribution in [0.3, 0.4) is 0 Å². The van der Waals surface area contributed by atoms with Gasteiger partial charge in [-0.15, -0.1) is 0 Å². The molecule has 3 N–H and O–H groups in total. The van der Waals surface area contributed by atoms with Crippen LogP contribution in [-0.4, -0.2) is 44.9 Å². The molecule has 0 saturated carbocycles. The normalized spacial score (nSPS) is 19.6. The highest BCUT2D eigenvalue weighted by Crippen LogP contribution is 2.14. The van der Waals surface area contributed by atoms with Crippen LogP contribution in [0.25, 0.3) is 0 Å². The van der Waals surface area contributed by atoms with Gasteiger partial charge >= 0.3 is 0 Å². The second kappa shape index (κ2) is 7.60. The van der Waals surface area contributed by atoms with Gasteiger partial charge in [0.1, 0.15) is 6.04 Å². The van der Waals surface area contributed by atoms with Crippen molar-refractivity contribution in [2.45, 2.75) is 25.8 Å². The summed E-state index contributed by atoms with van der Waals surface area (Å²) in [5, 5.41) is 3.00. The van der Waals surface area contributed by atoms with Gasteiger partial charge in [-0.2, -0.15) is 0 Å². The lowest BCUT2D eigenvalue weighted by molar-refractivity contribution is -0.121. The minimum atomic E-state index is -0.371. The van der Waals surface area contributed by atoms with Crippen LogP contribution < -0.4 is 11.1 Å². The minimum absolute atomic E-state index is 0.353. The molecule has 1 heterocycles. The standard InChI is InChI=1S/C11H22N2O3/c1-2-13-10(11(12)14)8-16-7-9-3-5-15-6-4-9/h9-10,13H,2-8H2,1H3,(H2,12,14). The van der Waals surface area contributed by atoms with Crippen molar-refractivity contribution in [2.24, 2.45) is 11.7 Å². The van der Waals surface area contributed by atoms with E-state index in [1.807, 2.05) is 6.92 Å². The van der Waals surface area contributed by atoms with E-state index in [4.69, 9.17) is 15.2 Å². The maximum atomic E-state index is 11.0. The number of primary amides is 1. The van der Waals surface area contributed by atoms with Gasteiger partial charge in [0, 0.05) is 19.8 Å². The Kier molecular flexibility index (Phi) is 6.37. The van der Waals surface area contributed by atoms with Gasteiger partial charge in [-0.1, -0.05) is 6.92 Å². The summed E-state index contributed by atoms with van der Waals surface area (Å²) in [5.74, 6) is 0.206. The first-order valence-electron chi connectivity index (χ1n) is 5.92. The molecule has 1 unspecified atom stereocenters. The molecule has 1 atom stereocenters. The Hall–Kier alpha value is -0.650. The molecule has 16 heavy (non-hydrogen) atoms. The smallest absolute Gasteiger partial charge is 0.236 e. The summed E-state index contributed by atoms with van der Waals surface area (Å²) in [7, 11) is 0. The molecule has 5 nitrogen and oxygen atoms in total. The van der Waals surface area contributed by atoms with E-state index in [-0.39, 0.29) is 11.9 Å². The first-order valence-corrected chi connectivity index (χ1v) is 5.92. The number of hydrogen-bond acceptors (Lipinski definition) is 4. The molecule has 0 aliphatic carbocycles. The summed E-state index contributed by atoms with van der Waals surface area (Å²) in [6, 6.07) is -0.371. The van der Waals surface area contributed by atoms with Crippen molar-refractivity contribution in [3.8, 4) is 0 Å². The number of rotatable bonds is 7. The van der Waals surface area contributed by atoms with E-state index in [9.17, 15) is 4.79 Å². The summed E-state index contributed by atoms with van der Waals surface area (Å²) in [6.45, 7) is 5.35. The van der Waals surface area contributed by atoms with Crippen molar-refractivity contribution in [2.75, 3.05) is 33.0 Å². The lowest BCUT2D eigenvalue weighted by Crippen LogP contribution is -2.44. The maximum absolute atomic E-state index is 11.0. The number of nitrogens with one attached hydrogen (secondary N) is 1. The number of nitrogens with two attached hydrogens (primary N) is 1. The number of ether oxygens (including phenoxy) is 2. The van der Waals surface area contributed by atoms with Gasteiger partial charge in [0.2, 0.25) is 5.91 Å². The third kappa shape index (κ3) is 4.92. The average Bonchev–Trinajstić information content (AvgIpc) is 2.29. The zero-order valence-corrected chi connectivity index (χ0v) is 9.91. The van der Waals surface area contributed by atoms with Crippen LogP contribution in [0.4, 0.5) is 0 Å². The third-order valence-electron chi connectivity index (χ3n) is 2.77. The van der Waals surface area contributed by atoms with Crippen LogP contribution in [0.1, 0.15) is 19.8 Å². The van der Waals surface area contributed by atoms with Crippen molar-refractivity contribution in [3.05, 3.63) is 0 Å². The zero-order chi connectivity index (χ0) is 11.8.